The average molecular weight is 303 g/mol. The number of nitrogen functional groups attached to an aromatic ring is 1. The maximum absolute atomic E-state index is 12.7. The zero-order chi connectivity index (χ0) is 16.4. The van der Waals surface area contributed by atoms with Crippen LogP contribution < -0.4 is 11.1 Å². The molecular formula is C14H20F3N3O. The molecule has 1 rings (SSSR count). The Hall–Kier alpha value is -1.76. The zero-order valence-corrected chi connectivity index (χ0v) is 12.5. The summed E-state index contributed by atoms with van der Waals surface area (Å²) in [5.41, 5.74) is 4.22. The van der Waals surface area contributed by atoms with Gasteiger partial charge in [-0.25, -0.2) is 0 Å². The molecule has 0 spiro atoms. The number of carbonyl (C=O) groups is 1. The number of hydrogen-bond acceptors (Lipinski definition) is 3. The molecule has 1 aromatic rings. The molecular weight excluding hydrogens is 283 g/mol. The van der Waals surface area contributed by atoms with E-state index in [2.05, 4.69) is 5.32 Å². The topological polar surface area (TPSA) is 58.4 Å². The number of halogens is 3. The number of carbonyl (C=O) groups excluding carboxylic acids is 1. The van der Waals surface area contributed by atoms with Crippen molar-refractivity contribution < 1.29 is 18.0 Å². The molecule has 0 heterocycles. The summed E-state index contributed by atoms with van der Waals surface area (Å²) in [5, 5.41) is 2.61. The maximum Gasteiger partial charge on any atom is 0.416 e. The lowest BCUT2D eigenvalue weighted by Crippen LogP contribution is -2.48. The van der Waals surface area contributed by atoms with Gasteiger partial charge >= 0.3 is 6.18 Å². The fourth-order valence-electron chi connectivity index (χ4n) is 1.48. The monoisotopic (exact) mass is 303 g/mol. The lowest BCUT2D eigenvalue weighted by Gasteiger charge is -2.32. The molecule has 0 aliphatic heterocycles. The van der Waals surface area contributed by atoms with Crippen LogP contribution in [0.3, 0.4) is 0 Å². The highest BCUT2D eigenvalue weighted by atomic mass is 19.4. The van der Waals surface area contributed by atoms with Gasteiger partial charge in [-0.05, 0) is 46.1 Å². The molecule has 0 aromatic heterocycles. The second kappa shape index (κ2) is 5.93. The first-order chi connectivity index (χ1) is 9.45. The molecule has 0 atom stereocenters. The first kappa shape index (κ1) is 17.3. The van der Waals surface area contributed by atoms with Crippen LogP contribution in [0.25, 0.3) is 0 Å². The quantitative estimate of drug-likeness (QED) is 0.840. The Bertz CT molecular complexity index is 525. The summed E-state index contributed by atoms with van der Waals surface area (Å²) < 4.78 is 38.0. The number of anilines is 1. The summed E-state index contributed by atoms with van der Waals surface area (Å²) in [4.78, 5) is 13.9. The molecule has 0 bridgehead atoms. The van der Waals surface area contributed by atoms with Gasteiger partial charge in [0.25, 0.3) is 5.91 Å². The molecule has 0 saturated carbocycles. The second-order valence-electron chi connectivity index (χ2n) is 5.69. The van der Waals surface area contributed by atoms with Crippen molar-refractivity contribution in [2.75, 3.05) is 26.4 Å². The highest BCUT2D eigenvalue weighted by Gasteiger charge is 2.31. The molecule has 3 N–H and O–H groups in total. The lowest BCUT2D eigenvalue weighted by molar-refractivity contribution is -0.137. The van der Waals surface area contributed by atoms with Crippen LogP contribution in [-0.4, -0.2) is 37.0 Å². The van der Waals surface area contributed by atoms with Crippen molar-refractivity contribution in [1.82, 2.24) is 10.2 Å². The van der Waals surface area contributed by atoms with Crippen LogP contribution in [0.5, 0.6) is 0 Å². The Kier molecular flexibility index (Phi) is 4.88. The predicted molar refractivity (Wildman–Crippen MR) is 76.0 cm³/mol. The van der Waals surface area contributed by atoms with Gasteiger partial charge in [0.1, 0.15) is 0 Å². The Labute approximate surface area is 122 Å². The van der Waals surface area contributed by atoms with E-state index in [4.69, 9.17) is 5.73 Å². The summed E-state index contributed by atoms with van der Waals surface area (Å²) in [7, 11) is 3.70. The maximum atomic E-state index is 12.7. The van der Waals surface area contributed by atoms with E-state index in [1.165, 1.54) is 0 Å². The van der Waals surface area contributed by atoms with Crippen LogP contribution in [0.1, 0.15) is 29.8 Å². The molecule has 4 nitrogen and oxygen atoms in total. The van der Waals surface area contributed by atoms with Crippen molar-refractivity contribution in [3.05, 3.63) is 29.3 Å². The van der Waals surface area contributed by atoms with Gasteiger partial charge in [0.05, 0.1) is 11.1 Å². The Balaban J connectivity index is 2.93. The minimum atomic E-state index is -4.51. The fourth-order valence-corrected chi connectivity index (χ4v) is 1.48. The molecule has 118 valence electrons. The van der Waals surface area contributed by atoms with Gasteiger partial charge in [0, 0.05) is 17.8 Å². The minimum Gasteiger partial charge on any atom is -0.398 e. The van der Waals surface area contributed by atoms with E-state index >= 15 is 0 Å². The van der Waals surface area contributed by atoms with E-state index < -0.39 is 17.6 Å². The van der Waals surface area contributed by atoms with Gasteiger partial charge in [-0.3, -0.25) is 4.79 Å². The molecule has 0 aliphatic carbocycles. The predicted octanol–water partition coefficient (Wildman–Crippen LogP) is 2.36. The van der Waals surface area contributed by atoms with E-state index in [1.54, 1.807) is 0 Å². The summed E-state index contributed by atoms with van der Waals surface area (Å²) >= 11 is 0. The number of rotatable bonds is 4. The molecule has 21 heavy (non-hydrogen) atoms. The van der Waals surface area contributed by atoms with Crippen LogP contribution >= 0.6 is 0 Å². The second-order valence-corrected chi connectivity index (χ2v) is 5.69. The standard InChI is InChI=1S/C14H20F3N3O/c1-13(2,20(3)4)8-19-12(21)10-7-9(14(15,16)17)5-6-11(10)18/h5-7H,8,18H2,1-4H3,(H,19,21). The van der Waals surface area contributed by atoms with Crippen molar-refractivity contribution in [3.63, 3.8) is 0 Å². The van der Waals surface area contributed by atoms with E-state index in [-0.39, 0.29) is 23.3 Å². The number of alkyl halides is 3. The lowest BCUT2D eigenvalue weighted by atomic mass is 10.0. The van der Waals surface area contributed by atoms with Gasteiger partial charge in [0.15, 0.2) is 0 Å². The first-order valence-corrected chi connectivity index (χ1v) is 6.37. The van der Waals surface area contributed by atoms with Crippen LogP contribution in [0.4, 0.5) is 18.9 Å². The third-order valence-electron chi connectivity index (χ3n) is 3.52. The van der Waals surface area contributed by atoms with Crippen molar-refractivity contribution in [1.29, 1.82) is 0 Å². The molecule has 0 radical (unpaired) electrons. The van der Waals surface area contributed by atoms with Crippen LogP contribution in [0.2, 0.25) is 0 Å². The number of nitrogens with one attached hydrogen (secondary N) is 1. The number of hydrogen-bond donors (Lipinski definition) is 2. The smallest absolute Gasteiger partial charge is 0.398 e. The largest absolute Gasteiger partial charge is 0.416 e. The number of amides is 1. The zero-order valence-electron chi connectivity index (χ0n) is 12.5. The van der Waals surface area contributed by atoms with Crippen LogP contribution in [0, 0.1) is 0 Å². The van der Waals surface area contributed by atoms with Crippen LogP contribution in [0.15, 0.2) is 18.2 Å². The Morgan fingerprint density at radius 1 is 1.29 bits per heavy atom. The third-order valence-corrected chi connectivity index (χ3v) is 3.52. The molecule has 0 saturated heterocycles. The van der Waals surface area contributed by atoms with Crippen molar-refractivity contribution in [3.8, 4) is 0 Å². The number of benzene rings is 1. The van der Waals surface area contributed by atoms with Crippen molar-refractivity contribution >= 4 is 11.6 Å². The average Bonchev–Trinajstić information content (AvgIpc) is 2.35. The number of nitrogens with two attached hydrogens (primary N) is 1. The molecule has 1 aromatic carbocycles. The van der Waals surface area contributed by atoms with E-state index in [9.17, 15) is 18.0 Å². The minimum absolute atomic E-state index is 0.0168. The van der Waals surface area contributed by atoms with Gasteiger partial charge in [0.2, 0.25) is 0 Å². The van der Waals surface area contributed by atoms with Crippen molar-refractivity contribution in [2.24, 2.45) is 0 Å². The Morgan fingerprint density at radius 2 is 1.86 bits per heavy atom. The van der Waals surface area contributed by atoms with E-state index in [0.717, 1.165) is 18.2 Å². The van der Waals surface area contributed by atoms with Crippen molar-refractivity contribution in [2.45, 2.75) is 25.6 Å². The van der Waals surface area contributed by atoms with E-state index in [1.807, 2.05) is 32.8 Å². The molecule has 0 fully saturated rings. The van der Waals surface area contributed by atoms with Crippen LogP contribution in [-0.2, 0) is 6.18 Å². The highest BCUT2D eigenvalue weighted by molar-refractivity contribution is 5.99. The fraction of sp³-hybridized carbons (Fsp3) is 0.500. The summed E-state index contributed by atoms with van der Waals surface area (Å²) in [5.74, 6) is -0.617. The van der Waals surface area contributed by atoms with Gasteiger partial charge in [-0.1, -0.05) is 0 Å². The summed E-state index contributed by atoms with van der Waals surface area (Å²) in [6.45, 7) is 4.10. The molecule has 0 aliphatic rings. The van der Waals surface area contributed by atoms with Gasteiger partial charge < -0.3 is 16.0 Å². The summed E-state index contributed by atoms with van der Waals surface area (Å²) in [6.07, 6.45) is -4.51. The number of nitrogens with zero attached hydrogens (tertiary/aromatic N) is 1. The first-order valence-electron chi connectivity index (χ1n) is 6.37. The Morgan fingerprint density at radius 3 is 2.33 bits per heavy atom. The summed E-state index contributed by atoms with van der Waals surface area (Å²) in [6, 6.07) is 2.72. The van der Waals surface area contributed by atoms with Gasteiger partial charge in [-0.2, -0.15) is 13.2 Å². The SMILES string of the molecule is CN(C)C(C)(C)CNC(=O)c1cc(C(F)(F)F)ccc1N. The molecule has 0 unspecified atom stereocenters. The highest BCUT2D eigenvalue weighted by Crippen LogP contribution is 2.31. The molecule has 7 heteroatoms. The normalized spacial score (nSPS) is 12.6. The molecule has 1 amide bonds. The van der Waals surface area contributed by atoms with Gasteiger partial charge in [-0.15, -0.1) is 0 Å². The number of likely N-dealkylation sites (N-methyl/N-ethyl adjacent to an activating group) is 1. The van der Waals surface area contributed by atoms with E-state index in [0.29, 0.717) is 0 Å². The third kappa shape index (κ3) is 4.35.